The van der Waals surface area contributed by atoms with Gasteiger partial charge in [-0.2, -0.15) is 8.78 Å². The minimum absolute atomic E-state index is 0.0280. The van der Waals surface area contributed by atoms with Gasteiger partial charge in [0.1, 0.15) is 6.61 Å². The molecule has 0 N–H and O–H groups in total. The van der Waals surface area contributed by atoms with E-state index in [0.29, 0.717) is 12.5 Å². The van der Waals surface area contributed by atoms with E-state index < -0.39 is 11.6 Å². The fraction of sp³-hybridized carbons (Fsp3) is 0.600. The molecule has 1 aromatic carbocycles. The predicted molar refractivity (Wildman–Crippen MR) is 90.4 cm³/mol. The third-order valence-corrected chi connectivity index (χ3v) is 4.87. The van der Waals surface area contributed by atoms with Gasteiger partial charge < -0.3 is 9.47 Å². The van der Waals surface area contributed by atoms with Crippen molar-refractivity contribution < 1.29 is 18.3 Å². The third-order valence-electron chi connectivity index (χ3n) is 4.87. The monoisotopic (exact) mass is 336 g/mol. The van der Waals surface area contributed by atoms with Crippen LogP contribution >= 0.6 is 0 Å². The highest BCUT2D eigenvalue weighted by molar-refractivity contribution is 5.35. The molecular weight excluding hydrogens is 310 g/mol. The number of allylic oxidation sites excluding steroid dienone is 1. The van der Waals surface area contributed by atoms with Crippen LogP contribution in [0.15, 0.2) is 24.3 Å². The summed E-state index contributed by atoms with van der Waals surface area (Å²) in [6.07, 6.45) is 13.6. The van der Waals surface area contributed by atoms with E-state index in [9.17, 15) is 8.78 Å². The predicted octanol–water partition coefficient (Wildman–Crippen LogP) is 5.66. The van der Waals surface area contributed by atoms with Crippen molar-refractivity contribution in [2.45, 2.75) is 51.4 Å². The molecule has 2 nitrogen and oxygen atoms in total. The molecule has 2 aliphatic rings. The number of halogens is 2. The maximum absolute atomic E-state index is 14.0. The second-order valence-electron chi connectivity index (χ2n) is 6.91. The summed E-state index contributed by atoms with van der Waals surface area (Å²) >= 11 is 0. The van der Waals surface area contributed by atoms with Crippen LogP contribution in [0, 0.1) is 23.5 Å². The molecule has 0 aliphatic heterocycles. The van der Waals surface area contributed by atoms with E-state index in [1.54, 1.807) is 0 Å². The Morgan fingerprint density at radius 1 is 0.958 bits per heavy atom. The van der Waals surface area contributed by atoms with Gasteiger partial charge in [0.15, 0.2) is 11.5 Å². The maximum Gasteiger partial charge on any atom is 0.204 e. The lowest BCUT2D eigenvalue weighted by atomic mass is 10.0. The summed E-state index contributed by atoms with van der Waals surface area (Å²) in [5, 5.41) is 0. The average molecular weight is 336 g/mol. The molecule has 0 saturated heterocycles. The molecule has 0 atom stereocenters. The van der Waals surface area contributed by atoms with Gasteiger partial charge in [-0.3, -0.25) is 0 Å². The summed E-state index contributed by atoms with van der Waals surface area (Å²) in [5.74, 6) is -0.585. The lowest BCUT2D eigenvalue weighted by molar-refractivity contribution is 0.270. The molecule has 0 unspecified atom stereocenters. The van der Waals surface area contributed by atoms with Crippen LogP contribution in [0.25, 0.3) is 0 Å². The molecule has 4 heteroatoms. The van der Waals surface area contributed by atoms with Crippen LogP contribution < -0.4 is 9.47 Å². The van der Waals surface area contributed by atoms with Crippen molar-refractivity contribution in [1.29, 1.82) is 0 Å². The largest absolute Gasteiger partial charge is 0.490 e. The Morgan fingerprint density at radius 2 is 1.62 bits per heavy atom. The number of hydrogen-bond donors (Lipinski definition) is 0. The number of ether oxygens (including phenoxy) is 2. The van der Waals surface area contributed by atoms with Crippen molar-refractivity contribution in [1.82, 2.24) is 0 Å². The highest BCUT2D eigenvalue weighted by Crippen LogP contribution is 2.31. The van der Waals surface area contributed by atoms with Crippen LogP contribution in [0.2, 0.25) is 0 Å². The third kappa shape index (κ3) is 4.96. The normalized spacial score (nSPS) is 18.4. The summed E-state index contributed by atoms with van der Waals surface area (Å²) in [6.45, 7) is 0.686. The van der Waals surface area contributed by atoms with Crippen molar-refractivity contribution in [2.75, 3.05) is 13.2 Å². The van der Waals surface area contributed by atoms with E-state index in [1.807, 2.05) is 6.08 Å². The molecule has 0 aromatic heterocycles. The molecule has 132 valence electrons. The van der Waals surface area contributed by atoms with Gasteiger partial charge in [-0.1, -0.05) is 37.8 Å². The highest BCUT2D eigenvalue weighted by atomic mass is 19.2. The second-order valence-corrected chi connectivity index (χ2v) is 6.91. The van der Waals surface area contributed by atoms with E-state index in [1.165, 1.54) is 50.7 Å². The first kappa shape index (κ1) is 17.2. The first-order valence-corrected chi connectivity index (χ1v) is 9.14. The van der Waals surface area contributed by atoms with Crippen LogP contribution in [-0.4, -0.2) is 13.2 Å². The smallest absolute Gasteiger partial charge is 0.204 e. The fourth-order valence-corrected chi connectivity index (χ4v) is 3.26. The van der Waals surface area contributed by atoms with Crippen LogP contribution in [-0.2, 0) is 0 Å². The van der Waals surface area contributed by atoms with E-state index in [2.05, 4.69) is 6.08 Å². The van der Waals surface area contributed by atoms with E-state index in [0.717, 1.165) is 18.8 Å². The molecule has 0 bridgehead atoms. The zero-order chi connectivity index (χ0) is 16.8. The molecule has 2 fully saturated rings. The number of hydrogen-bond acceptors (Lipinski definition) is 2. The van der Waals surface area contributed by atoms with Gasteiger partial charge in [-0.25, -0.2) is 0 Å². The molecule has 0 heterocycles. The standard InChI is InChI=1S/C20H26F2O2/c21-19-17(23-13-3-7-15-5-1-2-6-15)11-12-18(20(19)22)24-14-4-8-16-9-10-16/h4,8,11-12,15-16H,1-3,5-7,9-10,13-14H2/b8-4+. The van der Waals surface area contributed by atoms with Crippen molar-refractivity contribution in [3.8, 4) is 11.5 Å². The van der Waals surface area contributed by atoms with Gasteiger partial charge in [-0.15, -0.1) is 0 Å². The van der Waals surface area contributed by atoms with Gasteiger partial charge in [0.2, 0.25) is 11.6 Å². The van der Waals surface area contributed by atoms with Crippen molar-refractivity contribution in [3.63, 3.8) is 0 Å². The van der Waals surface area contributed by atoms with Gasteiger partial charge in [0.25, 0.3) is 0 Å². The minimum atomic E-state index is -0.969. The average Bonchev–Trinajstić information content (AvgIpc) is 3.27. The summed E-state index contributed by atoms with van der Waals surface area (Å²) in [7, 11) is 0. The van der Waals surface area contributed by atoms with Gasteiger partial charge >= 0.3 is 0 Å². The van der Waals surface area contributed by atoms with Crippen molar-refractivity contribution in [3.05, 3.63) is 35.9 Å². The van der Waals surface area contributed by atoms with Crippen molar-refractivity contribution in [2.24, 2.45) is 11.8 Å². The zero-order valence-electron chi connectivity index (χ0n) is 14.1. The summed E-state index contributed by atoms with van der Waals surface area (Å²) in [4.78, 5) is 0. The lowest BCUT2D eigenvalue weighted by Gasteiger charge is -2.12. The molecular formula is C20H26F2O2. The Kier molecular flexibility index (Phi) is 6.11. The molecule has 2 aliphatic carbocycles. The topological polar surface area (TPSA) is 18.5 Å². The Hall–Kier alpha value is -1.58. The van der Waals surface area contributed by atoms with Crippen molar-refractivity contribution >= 4 is 0 Å². The Labute approximate surface area is 142 Å². The zero-order valence-corrected chi connectivity index (χ0v) is 14.1. The van der Waals surface area contributed by atoms with Gasteiger partial charge in [0, 0.05) is 0 Å². The molecule has 1 aromatic rings. The van der Waals surface area contributed by atoms with Crippen LogP contribution in [0.4, 0.5) is 8.78 Å². The second kappa shape index (κ2) is 8.50. The summed E-state index contributed by atoms with van der Waals surface area (Å²) in [6, 6.07) is 2.89. The fourth-order valence-electron chi connectivity index (χ4n) is 3.26. The highest BCUT2D eigenvalue weighted by Gasteiger charge is 2.18. The Morgan fingerprint density at radius 3 is 2.29 bits per heavy atom. The van der Waals surface area contributed by atoms with E-state index in [4.69, 9.17) is 9.47 Å². The maximum atomic E-state index is 14.0. The van der Waals surface area contributed by atoms with Gasteiger partial charge in [0.05, 0.1) is 6.61 Å². The van der Waals surface area contributed by atoms with Crippen LogP contribution in [0.5, 0.6) is 11.5 Å². The molecule has 0 radical (unpaired) electrons. The SMILES string of the molecule is Fc1c(OC/C=C/C2CC2)ccc(OCCCC2CCCC2)c1F. The number of benzene rings is 1. The van der Waals surface area contributed by atoms with Gasteiger partial charge in [-0.05, 0) is 49.7 Å². The Bertz CT molecular complexity index is 561. The first-order chi connectivity index (χ1) is 11.7. The van der Waals surface area contributed by atoms with E-state index in [-0.39, 0.29) is 18.1 Å². The van der Waals surface area contributed by atoms with Crippen LogP contribution in [0.1, 0.15) is 51.4 Å². The molecule has 0 amide bonds. The molecule has 2 saturated carbocycles. The van der Waals surface area contributed by atoms with Crippen LogP contribution in [0.3, 0.4) is 0 Å². The summed E-state index contributed by atoms with van der Waals surface area (Å²) < 4.78 is 38.8. The molecule has 3 rings (SSSR count). The molecule has 24 heavy (non-hydrogen) atoms. The quantitative estimate of drug-likeness (QED) is 0.428. The summed E-state index contributed by atoms with van der Waals surface area (Å²) in [5.41, 5.74) is 0. The van der Waals surface area contributed by atoms with E-state index >= 15 is 0 Å². The lowest BCUT2D eigenvalue weighted by Crippen LogP contribution is -2.04. The minimum Gasteiger partial charge on any atom is -0.490 e. The first-order valence-electron chi connectivity index (χ1n) is 9.14. The molecule has 0 spiro atoms. The Balaban J connectivity index is 1.44. The number of rotatable bonds is 9.